The van der Waals surface area contributed by atoms with E-state index in [1.165, 1.54) is 0 Å². The molecule has 3 aromatic rings. The summed E-state index contributed by atoms with van der Waals surface area (Å²) in [4.78, 5) is 12.5. The van der Waals surface area contributed by atoms with Crippen LogP contribution in [-0.2, 0) is 0 Å². The van der Waals surface area contributed by atoms with Crippen LogP contribution >= 0.6 is 11.6 Å². The van der Waals surface area contributed by atoms with Crippen molar-refractivity contribution in [3.05, 3.63) is 71.4 Å². The van der Waals surface area contributed by atoms with Gasteiger partial charge in [-0.2, -0.15) is 5.10 Å². The second kappa shape index (κ2) is 7.32. The third kappa shape index (κ3) is 3.34. The third-order valence-corrected chi connectivity index (χ3v) is 3.96. The minimum absolute atomic E-state index is 0.147. The molecule has 1 heterocycles. The molecule has 0 radical (unpaired) electrons. The van der Waals surface area contributed by atoms with Crippen LogP contribution in [0.25, 0.3) is 16.9 Å². The number of carbonyl (C=O) groups excluding carboxylic acids is 1. The monoisotopic (exact) mass is 339 g/mol. The number of para-hydroxylation sites is 1. The molecule has 0 spiro atoms. The van der Waals surface area contributed by atoms with Crippen LogP contribution in [0.15, 0.2) is 60.7 Å². The maximum atomic E-state index is 12.5. The zero-order chi connectivity index (χ0) is 16.9. The zero-order valence-electron chi connectivity index (χ0n) is 13.4. The molecule has 0 atom stereocenters. The van der Waals surface area contributed by atoms with E-state index < -0.39 is 0 Å². The van der Waals surface area contributed by atoms with Crippen LogP contribution < -0.4 is 5.32 Å². The number of rotatable bonds is 5. The van der Waals surface area contributed by atoms with Crippen LogP contribution in [0, 0.1) is 0 Å². The second-order valence-corrected chi connectivity index (χ2v) is 5.81. The molecule has 0 unspecified atom stereocenters. The molecular formula is C19H18ClN3O. The van der Waals surface area contributed by atoms with E-state index >= 15 is 0 Å². The Morgan fingerprint density at radius 3 is 2.54 bits per heavy atom. The van der Waals surface area contributed by atoms with Gasteiger partial charge in [0.2, 0.25) is 0 Å². The molecule has 0 saturated heterocycles. The fourth-order valence-electron chi connectivity index (χ4n) is 2.44. The summed E-state index contributed by atoms with van der Waals surface area (Å²) in [6.07, 6.45) is 0.878. The van der Waals surface area contributed by atoms with E-state index in [9.17, 15) is 4.79 Å². The first-order valence-electron chi connectivity index (χ1n) is 7.89. The highest BCUT2D eigenvalue weighted by molar-refractivity contribution is 6.33. The number of benzene rings is 2. The van der Waals surface area contributed by atoms with Crippen molar-refractivity contribution < 1.29 is 4.79 Å². The SMILES string of the molecule is CCCNC(=O)c1cc(-c2ccccc2Cl)nn1-c1ccccc1. The molecule has 0 bridgehead atoms. The van der Waals surface area contributed by atoms with E-state index in [1.54, 1.807) is 10.7 Å². The molecule has 4 nitrogen and oxygen atoms in total. The summed E-state index contributed by atoms with van der Waals surface area (Å²) in [6.45, 7) is 2.64. The van der Waals surface area contributed by atoms with Gasteiger partial charge < -0.3 is 5.32 Å². The quantitative estimate of drug-likeness (QED) is 0.752. The number of carbonyl (C=O) groups is 1. The predicted molar refractivity (Wildman–Crippen MR) is 96.6 cm³/mol. The maximum Gasteiger partial charge on any atom is 0.270 e. The van der Waals surface area contributed by atoms with Crippen molar-refractivity contribution in [3.8, 4) is 16.9 Å². The first kappa shape index (κ1) is 16.3. The minimum atomic E-state index is -0.147. The lowest BCUT2D eigenvalue weighted by molar-refractivity contribution is 0.0946. The molecule has 0 aliphatic carbocycles. The van der Waals surface area contributed by atoms with Gasteiger partial charge in [0.05, 0.1) is 16.4 Å². The Labute approximate surface area is 146 Å². The van der Waals surface area contributed by atoms with E-state index in [2.05, 4.69) is 10.4 Å². The van der Waals surface area contributed by atoms with Gasteiger partial charge in [0, 0.05) is 12.1 Å². The molecule has 0 aliphatic rings. The minimum Gasteiger partial charge on any atom is -0.351 e. The van der Waals surface area contributed by atoms with E-state index in [0.717, 1.165) is 17.7 Å². The van der Waals surface area contributed by atoms with Crippen LogP contribution in [0.2, 0.25) is 5.02 Å². The van der Waals surface area contributed by atoms with Gasteiger partial charge in [-0.05, 0) is 30.7 Å². The third-order valence-electron chi connectivity index (χ3n) is 3.63. The topological polar surface area (TPSA) is 46.9 Å². The summed E-state index contributed by atoms with van der Waals surface area (Å²) in [6, 6.07) is 18.9. The zero-order valence-corrected chi connectivity index (χ0v) is 14.1. The van der Waals surface area contributed by atoms with Gasteiger partial charge in [0.1, 0.15) is 5.69 Å². The Balaban J connectivity index is 2.09. The number of hydrogen-bond acceptors (Lipinski definition) is 2. The number of nitrogens with zero attached hydrogens (tertiary/aromatic N) is 2. The summed E-state index contributed by atoms with van der Waals surface area (Å²) < 4.78 is 1.66. The average Bonchev–Trinajstić information content (AvgIpc) is 3.06. The first-order chi connectivity index (χ1) is 11.7. The molecule has 1 amide bonds. The second-order valence-electron chi connectivity index (χ2n) is 5.40. The lowest BCUT2D eigenvalue weighted by atomic mass is 10.1. The highest BCUT2D eigenvalue weighted by atomic mass is 35.5. The van der Waals surface area contributed by atoms with Crippen molar-refractivity contribution in [2.45, 2.75) is 13.3 Å². The molecule has 1 N–H and O–H groups in total. The molecular weight excluding hydrogens is 322 g/mol. The van der Waals surface area contributed by atoms with Crippen molar-refractivity contribution in [1.82, 2.24) is 15.1 Å². The molecule has 3 rings (SSSR count). The van der Waals surface area contributed by atoms with E-state index in [4.69, 9.17) is 11.6 Å². The summed E-state index contributed by atoms with van der Waals surface area (Å²) in [5.41, 5.74) is 2.80. The first-order valence-corrected chi connectivity index (χ1v) is 8.27. The molecule has 5 heteroatoms. The molecule has 2 aromatic carbocycles. The summed E-state index contributed by atoms with van der Waals surface area (Å²) in [7, 11) is 0. The maximum absolute atomic E-state index is 12.5. The number of amides is 1. The summed E-state index contributed by atoms with van der Waals surface area (Å²) >= 11 is 6.28. The van der Waals surface area contributed by atoms with E-state index in [-0.39, 0.29) is 5.91 Å². The van der Waals surface area contributed by atoms with Crippen molar-refractivity contribution in [3.63, 3.8) is 0 Å². The van der Waals surface area contributed by atoms with Gasteiger partial charge in [0.25, 0.3) is 5.91 Å². The Hall–Kier alpha value is -2.59. The van der Waals surface area contributed by atoms with Crippen LogP contribution in [0.1, 0.15) is 23.8 Å². The van der Waals surface area contributed by atoms with Gasteiger partial charge in [-0.25, -0.2) is 4.68 Å². The number of aromatic nitrogens is 2. The van der Waals surface area contributed by atoms with Crippen LogP contribution in [0.4, 0.5) is 0 Å². The summed E-state index contributed by atoms with van der Waals surface area (Å²) in [5.74, 6) is -0.147. The van der Waals surface area contributed by atoms with Crippen molar-refractivity contribution in [2.75, 3.05) is 6.54 Å². The Morgan fingerprint density at radius 2 is 1.83 bits per heavy atom. The summed E-state index contributed by atoms with van der Waals surface area (Å²) in [5, 5.41) is 8.12. The molecule has 122 valence electrons. The van der Waals surface area contributed by atoms with Crippen LogP contribution in [0.3, 0.4) is 0 Å². The molecule has 24 heavy (non-hydrogen) atoms. The van der Waals surface area contributed by atoms with Gasteiger partial charge in [0.15, 0.2) is 0 Å². The lowest BCUT2D eigenvalue weighted by Gasteiger charge is -2.07. The van der Waals surface area contributed by atoms with Crippen LogP contribution in [0.5, 0.6) is 0 Å². The van der Waals surface area contributed by atoms with Crippen molar-refractivity contribution >= 4 is 17.5 Å². The predicted octanol–water partition coefficient (Wildman–Crippen LogP) is 4.33. The largest absolute Gasteiger partial charge is 0.351 e. The fourth-order valence-corrected chi connectivity index (χ4v) is 2.67. The van der Waals surface area contributed by atoms with Gasteiger partial charge in [-0.1, -0.05) is 54.9 Å². The van der Waals surface area contributed by atoms with Gasteiger partial charge in [-0.3, -0.25) is 4.79 Å². The van der Waals surface area contributed by atoms with E-state index in [0.29, 0.717) is 23.0 Å². The molecule has 0 saturated carbocycles. The average molecular weight is 340 g/mol. The highest BCUT2D eigenvalue weighted by Gasteiger charge is 2.18. The lowest BCUT2D eigenvalue weighted by Crippen LogP contribution is -2.26. The molecule has 0 fully saturated rings. The van der Waals surface area contributed by atoms with Crippen molar-refractivity contribution in [1.29, 1.82) is 0 Å². The number of hydrogen-bond donors (Lipinski definition) is 1. The van der Waals surface area contributed by atoms with E-state index in [1.807, 2.05) is 61.5 Å². The highest BCUT2D eigenvalue weighted by Crippen LogP contribution is 2.28. The van der Waals surface area contributed by atoms with Gasteiger partial charge >= 0.3 is 0 Å². The van der Waals surface area contributed by atoms with Crippen molar-refractivity contribution in [2.24, 2.45) is 0 Å². The Morgan fingerprint density at radius 1 is 1.12 bits per heavy atom. The Bertz CT molecular complexity index is 843. The number of halogens is 1. The standard InChI is InChI=1S/C19H18ClN3O/c1-2-12-21-19(24)18-13-17(15-10-6-7-11-16(15)20)22-23(18)14-8-4-3-5-9-14/h3-11,13H,2,12H2,1H3,(H,21,24). The smallest absolute Gasteiger partial charge is 0.270 e. The van der Waals surface area contributed by atoms with Gasteiger partial charge in [-0.15, -0.1) is 0 Å². The fraction of sp³-hybridized carbons (Fsp3) is 0.158. The Kier molecular flexibility index (Phi) is 4.96. The number of nitrogens with one attached hydrogen (secondary N) is 1. The van der Waals surface area contributed by atoms with Crippen LogP contribution in [-0.4, -0.2) is 22.2 Å². The molecule has 0 aliphatic heterocycles. The normalized spacial score (nSPS) is 10.6. The molecule has 1 aromatic heterocycles.